The Labute approximate surface area is 190 Å². The van der Waals surface area contributed by atoms with Crippen molar-refractivity contribution in [3.8, 4) is 22.9 Å². The Morgan fingerprint density at radius 1 is 1.00 bits per heavy atom. The van der Waals surface area contributed by atoms with E-state index < -0.39 is 11.2 Å². The topological polar surface area (TPSA) is 100 Å². The van der Waals surface area contributed by atoms with Crippen LogP contribution in [-0.2, 0) is 17.8 Å². The fourth-order valence-electron chi connectivity index (χ4n) is 3.86. The zero-order chi connectivity index (χ0) is 23.4. The molecule has 0 amide bonds. The Morgan fingerprint density at radius 2 is 1.79 bits per heavy atom. The van der Waals surface area contributed by atoms with Gasteiger partial charge in [-0.1, -0.05) is 36.4 Å². The quantitative estimate of drug-likeness (QED) is 0.421. The lowest BCUT2D eigenvalue weighted by atomic mass is 10.1. The van der Waals surface area contributed by atoms with Crippen LogP contribution in [0.1, 0.15) is 12.5 Å². The predicted molar refractivity (Wildman–Crippen MR) is 125 cm³/mol. The van der Waals surface area contributed by atoms with Crippen molar-refractivity contribution in [3.05, 3.63) is 74.9 Å². The molecule has 0 fully saturated rings. The lowest BCUT2D eigenvalue weighted by molar-refractivity contribution is 0.187. The summed E-state index contributed by atoms with van der Waals surface area (Å²) < 4.78 is 19.8. The molecule has 9 nitrogen and oxygen atoms in total. The van der Waals surface area contributed by atoms with Gasteiger partial charge < -0.3 is 18.8 Å². The predicted octanol–water partition coefficient (Wildman–Crippen LogP) is 2.66. The van der Waals surface area contributed by atoms with E-state index in [1.54, 1.807) is 18.8 Å². The summed E-state index contributed by atoms with van der Waals surface area (Å²) in [4.78, 5) is 32.8. The number of aromatic nitrogens is 4. The molecule has 172 valence electrons. The van der Waals surface area contributed by atoms with Gasteiger partial charge in [0, 0.05) is 13.7 Å². The zero-order valence-electron chi connectivity index (χ0n) is 18.8. The minimum atomic E-state index is -0.532. The molecule has 2 heterocycles. The van der Waals surface area contributed by atoms with Crippen molar-refractivity contribution in [1.29, 1.82) is 0 Å². The highest BCUT2D eigenvalue weighted by atomic mass is 16.5. The second-order valence-corrected chi connectivity index (χ2v) is 7.35. The molecular weight excluding hydrogens is 424 g/mol. The molecule has 1 N–H and O–H groups in total. The van der Waals surface area contributed by atoms with Crippen LogP contribution in [0, 0.1) is 0 Å². The minimum Gasteiger partial charge on any atom is -0.492 e. The molecule has 9 heteroatoms. The van der Waals surface area contributed by atoms with Crippen LogP contribution in [0.5, 0.6) is 11.5 Å². The number of ether oxygens (including phenoxy) is 3. The van der Waals surface area contributed by atoms with E-state index in [4.69, 9.17) is 19.2 Å². The van der Waals surface area contributed by atoms with Crippen molar-refractivity contribution < 1.29 is 14.2 Å². The molecule has 2 aromatic carbocycles. The second-order valence-electron chi connectivity index (χ2n) is 7.35. The number of rotatable bonds is 9. The van der Waals surface area contributed by atoms with Crippen LogP contribution < -0.4 is 20.7 Å². The van der Waals surface area contributed by atoms with Gasteiger partial charge in [0.05, 0.1) is 32.4 Å². The number of para-hydroxylation sites is 1. The van der Waals surface area contributed by atoms with Gasteiger partial charge in [-0.05, 0) is 24.6 Å². The first-order valence-corrected chi connectivity index (χ1v) is 10.6. The van der Waals surface area contributed by atoms with Gasteiger partial charge in [-0.25, -0.2) is 9.78 Å². The number of nitrogens with one attached hydrogen (secondary N) is 1. The van der Waals surface area contributed by atoms with E-state index in [0.717, 1.165) is 5.56 Å². The van der Waals surface area contributed by atoms with Crippen molar-refractivity contribution in [2.24, 2.45) is 0 Å². The van der Waals surface area contributed by atoms with Crippen LogP contribution in [0.15, 0.2) is 58.1 Å². The Hall–Kier alpha value is -3.85. The molecule has 0 unspecified atom stereocenters. The molecule has 0 saturated heterocycles. The van der Waals surface area contributed by atoms with Crippen LogP contribution in [0.2, 0.25) is 0 Å². The summed E-state index contributed by atoms with van der Waals surface area (Å²) in [7, 11) is 3.12. The number of H-pyrrole nitrogens is 1. The van der Waals surface area contributed by atoms with Gasteiger partial charge in [0.2, 0.25) is 0 Å². The third-order valence-electron chi connectivity index (χ3n) is 5.31. The van der Waals surface area contributed by atoms with Gasteiger partial charge in [0.1, 0.15) is 5.82 Å². The van der Waals surface area contributed by atoms with Gasteiger partial charge in [0.25, 0.3) is 5.56 Å². The number of nitrogens with zero attached hydrogens (tertiary/aromatic N) is 3. The molecule has 4 aromatic rings. The van der Waals surface area contributed by atoms with E-state index >= 15 is 0 Å². The van der Waals surface area contributed by atoms with E-state index in [2.05, 4.69) is 4.98 Å². The average molecular weight is 450 g/mol. The fraction of sp³-hybridized carbons (Fsp3) is 0.292. The monoisotopic (exact) mass is 450 g/mol. The normalized spacial score (nSPS) is 11.1. The van der Waals surface area contributed by atoms with Crippen LogP contribution in [0.25, 0.3) is 22.6 Å². The van der Waals surface area contributed by atoms with E-state index in [-0.39, 0.29) is 12.2 Å². The number of imidazole rings is 1. The van der Waals surface area contributed by atoms with Crippen molar-refractivity contribution in [2.75, 3.05) is 27.4 Å². The smallest absolute Gasteiger partial charge is 0.330 e. The van der Waals surface area contributed by atoms with Crippen LogP contribution in [-0.4, -0.2) is 46.5 Å². The van der Waals surface area contributed by atoms with Crippen LogP contribution >= 0.6 is 0 Å². The largest absolute Gasteiger partial charge is 0.492 e. The van der Waals surface area contributed by atoms with Crippen molar-refractivity contribution in [3.63, 3.8) is 0 Å². The van der Waals surface area contributed by atoms with Gasteiger partial charge in [-0.3, -0.25) is 14.3 Å². The summed E-state index contributed by atoms with van der Waals surface area (Å²) in [5.74, 6) is 1.57. The molecule has 0 bridgehead atoms. The van der Waals surface area contributed by atoms with Gasteiger partial charge in [-0.15, -0.1) is 0 Å². The summed E-state index contributed by atoms with van der Waals surface area (Å²) >= 11 is 0. The number of aromatic amines is 1. The maximum Gasteiger partial charge on any atom is 0.330 e. The summed E-state index contributed by atoms with van der Waals surface area (Å²) in [6, 6.07) is 15.3. The van der Waals surface area contributed by atoms with E-state index in [9.17, 15) is 9.59 Å². The molecule has 2 aromatic heterocycles. The molecule has 0 saturated carbocycles. The Kier molecular flexibility index (Phi) is 6.60. The van der Waals surface area contributed by atoms with Crippen molar-refractivity contribution in [2.45, 2.75) is 20.0 Å². The molecule has 4 rings (SSSR count). The SMILES string of the molecule is CCOc1cccc(-c2nc3c(c(=O)[nH]c(=O)n3CCOC)n2Cc2ccccc2)c1OC. The van der Waals surface area contributed by atoms with E-state index in [1.807, 2.05) is 55.5 Å². The molecule has 0 atom stereocenters. The summed E-state index contributed by atoms with van der Waals surface area (Å²) in [5.41, 5.74) is 1.19. The molecular formula is C24H26N4O5. The van der Waals surface area contributed by atoms with Crippen LogP contribution in [0.3, 0.4) is 0 Å². The highest BCUT2D eigenvalue weighted by Crippen LogP contribution is 2.38. The lowest BCUT2D eigenvalue weighted by Gasteiger charge is -2.15. The number of hydrogen-bond donors (Lipinski definition) is 1. The molecule has 0 aliphatic carbocycles. The van der Waals surface area contributed by atoms with Gasteiger partial charge >= 0.3 is 5.69 Å². The highest BCUT2D eigenvalue weighted by Gasteiger charge is 2.23. The standard InChI is InChI=1S/C24H26N4O5/c1-4-33-18-12-8-11-17(20(18)32-3)21-25-22-19(28(21)15-16-9-6-5-7-10-16)23(29)26-24(30)27(22)13-14-31-2/h5-12H,4,13-15H2,1-3H3,(H,26,29,30). The Morgan fingerprint density at radius 3 is 2.48 bits per heavy atom. The fourth-order valence-corrected chi connectivity index (χ4v) is 3.86. The zero-order valence-corrected chi connectivity index (χ0v) is 18.8. The lowest BCUT2D eigenvalue weighted by Crippen LogP contribution is -2.32. The third kappa shape index (κ3) is 4.27. The number of hydrogen-bond acceptors (Lipinski definition) is 6. The van der Waals surface area contributed by atoms with Crippen LogP contribution in [0.4, 0.5) is 0 Å². The summed E-state index contributed by atoms with van der Waals surface area (Å²) in [6.07, 6.45) is 0. The van der Waals surface area contributed by atoms with Crippen molar-refractivity contribution in [1.82, 2.24) is 19.1 Å². The highest BCUT2D eigenvalue weighted by molar-refractivity contribution is 5.80. The Balaban J connectivity index is 2.04. The van der Waals surface area contributed by atoms with E-state index in [1.165, 1.54) is 4.57 Å². The molecule has 33 heavy (non-hydrogen) atoms. The second kappa shape index (κ2) is 9.74. The molecule has 0 radical (unpaired) electrons. The first-order chi connectivity index (χ1) is 16.1. The molecule has 0 aliphatic rings. The summed E-state index contributed by atoms with van der Waals surface area (Å²) in [6.45, 7) is 3.28. The van der Waals surface area contributed by atoms with Crippen molar-refractivity contribution >= 4 is 11.2 Å². The number of fused-ring (bicyclic) bond motifs is 1. The number of benzene rings is 2. The average Bonchev–Trinajstić information content (AvgIpc) is 3.19. The first kappa shape index (κ1) is 22.3. The maximum absolute atomic E-state index is 13.0. The summed E-state index contributed by atoms with van der Waals surface area (Å²) in [5, 5.41) is 0. The molecule has 0 spiro atoms. The third-order valence-corrected chi connectivity index (χ3v) is 5.31. The minimum absolute atomic E-state index is 0.251. The van der Waals surface area contributed by atoms with Gasteiger partial charge in [-0.2, -0.15) is 0 Å². The maximum atomic E-state index is 13.0. The van der Waals surface area contributed by atoms with E-state index in [0.29, 0.717) is 48.2 Å². The molecule has 0 aliphatic heterocycles. The number of methoxy groups -OCH3 is 2. The Bertz CT molecular complexity index is 1370. The van der Waals surface area contributed by atoms with Gasteiger partial charge in [0.15, 0.2) is 22.7 Å². The first-order valence-electron chi connectivity index (χ1n) is 10.6.